The van der Waals surface area contributed by atoms with Crippen molar-refractivity contribution in [2.24, 2.45) is 5.41 Å². The highest BCUT2D eigenvalue weighted by Crippen LogP contribution is 2.30. The standard InChI is InChI=1S/C19H21BrN2O4/c1-12(25-5)15(10-13(20)8-9-19(2,3)4)18-21-16-11-14(22(23)24)6-7-17(16)26-18/h6-8,10-11H,1,9H2,2-5H3/b13-8+,15-10+. The van der Waals surface area contributed by atoms with Gasteiger partial charge in [0.2, 0.25) is 5.89 Å². The van der Waals surface area contributed by atoms with Crippen LogP contribution in [-0.2, 0) is 4.74 Å². The fourth-order valence-electron chi connectivity index (χ4n) is 2.12. The molecule has 0 bridgehead atoms. The molecule has 2 aromatic rings. The Kier molecular flexibility index (Phi) is 6.02. The van der Waals surface area contributed by atoms with Gasteiger partial charge >= 0.3 is 0 Å². The summed E-state index contributed by atoms with van der Waals surface area (Å²) in [6.07, 6.45) is 4.74. The van der Waals surface area contributed by atoms with Crippen molar-refractivity contribution in [3.8, 4) is 0 Å². The van der Waals surface area contributed by atoms with Crippen molar-refractivity contribution in [1.82, 2.24) is 4.98 Å². The van der Waals surface area contributed by atoms with Crippen LogP contribution in [0, 0.1) is 15.5 Å². The number of oxazole rings is 1. The van der Waals surface area contributed by atoms with E-state index < -0.39 is 4.92 Å². The Labute approximate surface area is 160 Å². The van der Waals surface area contributed by atoms with Crippen molar-refractivity contribution >= 4 is 38.3 Å². The van der Waals surface area contributed by atoms with Crippen LogP contribution < -0.4 is 0 Å². The lowest BCUT2D eigenvalue weighted by atomic mass is 9.92. The van der Waals surface area contributed by atoms with E-state index in [9.17, 15) is 10.1 Å². The molecule has 0 atom stereocenters. The summed E-state index contributed by atoms with van der Waals surface area (Å²) in [5, 5.41) is 10.9. The minimum absolute atomic E-state index is 0.0419. The molecule has 0 aliphatic heterocycles. The molecule has 0 unspecified atom stereocenters. The summed E-state index contributed by atoms with van der Waals surface area (Å²) in [5.74, 6) is 0.667. The first kappa shape index (κ1) is 19.9. The van der Waals surface area contributed by atoms with Gasteiger partial charge in [0.25, 0.3) is 5.69 Å². The number of rotatable bonds is 6. The van der Waals surface area contributed by atoms with Crippen molar-refractivity contribution in [2.45, 2.75) is 27.2 Å². The van der Waals surface area contributed by atoms with Gasteiger partial charge in [0.15, 0.2) is 5.58 Å². The topological polar surface area (TPSA) is 78.4 Å². The number of nitro benzene ring substituents is 1. The zero-order chi connectivity index (χ0) is 19.5. The summed E-state index contributed by atoms with van der Waals surface area (Å²) >= 11 is 3.53. The Morgan fingerprint density at radius 3 is 2.73 bits per heavy atom. The average Bonchev–Trinajstić information content (AvgIpc) is 2.99. The third kappa shape index (κ3) is 5.05. The number of allylic oxidation sites excluding steroid dienone is 4. The normalized spacial score (nSPS) is 13.1. The number of ether oxygens (including phenoxy) is 1. The van der Waals surface area contributed by atoms with Crippen LogP contribution in [0.1, 0.15) is 33.1 Å². The van der Waals surface area contributed by atoms with Crippen LogP contribution in [-0.4, -0.2) is 17.0 Å². The van der Waals surface area contributed by atoms with E-state index in [0.717, 1.165) is 10.9 Å². The number of methoxy groups -OCH3 is 1. The summed E-state index contributed by atoms with van der Waals surface area (Å²) in [7, 11) is 1.51. The van der Waals surface area contributed by atoms with Gasteiger partial charge in [0.1, 0.15) is 11.3 Å². The molecule has 138 valence electrons. The Morgan fingerprint density at radius 2 is 2.15 bits per heavy atom. The van der Waals surface area contributed by atoms with Crippen LogP contribution in [0.25, 0.3) is 16.7 Å². The Balaban J connectivity index is 2.47. The molecule has 2 rings (SSSR count). The molecule has 0 aliphatic carbocycles. The lowest BCUT2D eigenvalue weighted by Crippen LogP contribution is -2.02. The van der Waals surface area contributed by atoms with Gasteiger partial charge < -0.3 is 9.15 Å². The van der Waals surface area contributed by atoms with E-state index in [1.54, 1.807) is 0 Å². The second kappa shape index (κ2) is 7.86. The molecule has 7 heteroatoms. The van der Waals surface area contributed by atoms with Crippen molar-refractivity contribution in [3.63, 3.8) is 0 Å². The van der Waals surface area contributed by atoms with Crippen LogP contribution in [0.4, 0.5) is 5.69 Å². The van der Waals surface area contributed by atoms with Gasteiger partial charge in [0, 0.05) is 16.6 Å². The van der Waals surface area contributed by atoms with Crippen LogP contribution in [0.15, 0.2) is 51.6 Å². The molecule has 0 aliphatic rings. The van der Waals surface area contributed by atoms with E-state index in [0.29, 0.717) is 22.4 Å². The molecule has 0 radical (unpaired) electrons. The second-order valence-electron chi connectivity index (χ2n) is 6.97. The molecule has 0 amide bonds. The predicted molar refractivity (Wildman–Crippen MR) is 106 cm³/mol. The lowest BCUT2D eigenvalue weighted by molar-refractivity contribution is -0.384. The third-order valence-electron chi connectivity index (χ3n) is 3.55. The number of non-ortho nitro benzene ring substituents is 1. The number of nitro groups is 1. The predicted octanol–water partition coefficient (Wildman–Crippen LogP) is 5.99. The number of halogens is 1. The first-order chi connectivity index (χ1) is 12.1. The van der Waals surface area contributed by atoms with Crippen molar-refractivity contribution in [2.75, 3.05) is 7.11 Å². The molecule has 26 heavy (non-hydrogen) atoms. The van der Waals surface area contributed by atoms with Gasteiger partial charge in [-0.2, -0.15) is 0 Å². The van der Waals surface area contributed by atoms with E-state index in [-0.39, 0.29) is 17.0 Å². The zero-order valence-electron chi connectivity index (χ0n) is 15.2. The minimum atomic E-state index is -0.468. The molecule has 0 saturated carbocycles. The molecular weight excluding hydrogens is 400 g/mol. The molecule has 0 saturated heterocycles. The van der Waals surface area contributed by atoms with E-state index in [2.05, 4.69) is 54.3 Å². The second-order valence-corrected chi connectivity index (χ2v) is 7.88. The number of aromatic nitrogens is 1. The molecule has 0 N–H and O–H groups in total. The van der Waals surface area contributed by atoms with Crippen LogP contribution in [0.2, 0.25) is 0 Å². The SMILES string of the molecule is C=C(OC)/C(=C\C(Br)=C/CC(C)(C)C)c1nc2cc([N+](=O)[O-])ccc2o1. The zero-order valence-corrected chi connectivity index (χ0v) is 16.8. The number of fused-ring (bicyclic) bond motifs is 1. The lowest BCUT2D eigenvalue weighted by Gasteiger charge is -2.15. The smallest absolute Gasteiger partial charge is 0.271 e. The summed E-state index contributed by atoms with van der Waals surface area (Å²) < 4.78 is 11.8. The molecule has 0 spiro atoms. The van der Waals surface area contributed by atoms with E-state index >= 15 is 0 Å². The molecule has 1 aromatic heterocycles. The molecular formula is C19H21BrN2O4. The first-order valence-electron chi connectivity index (χ1n) is 7.96. The highest BCUT2D eigenvalue weighted by atomic mass is 79.9. The summed E-state index contributed by atoms with van der Waals surface area (Å²) in [6, 6.07) is 4.28. The van der Waals surface area contributed by atoms with Crippen molar-refractivity contribution in [1.29, 1.82) is 0 Å². The third-order valence-corrected chi connectivity index (χ3v) is 4.10. The summed E-state index contributed by atoms with van der Waals surface area (Å²) in [5.41, 5.74) is 1.53. The minimum Gasteiger partial charge on any atom is -0.497 e. The van der Waals surface area contributed by atoms with Crippen molar-refractivity contribution in [3.05, 3.63) is 63.2 Å². The fourth-order valence-corrected chi connectivity index (χ4v) is 2.51. The maximum atomic E-state index is 10.9. The van der Waals surface area contributed by atoms with Gasteiger partial charge in [0.05, 0.1) is 17.6 Å². The molecule has 1 aromatic carbocycles. The highest BCUT2D eigenvalue weighted by Gasteiger charge is 2.17. The van der Waals surface area contributed by atoms with Crippen LogP contribution in [0.3, 0.4) is 0 Å². The maximum Gasteiger partial charge on any atom is 0.271 e. The van der Waals surface area contributed by atoms with Gasteiger partial charge in [-0.3, -0.25) is 10.1 Å². The number of hydrogen-bond acceptors (Lipinski definition) is 5. The molecule has 0 fully saturated rings. The molecule has 1 heterocycles. The quantitative estimate of drug-likeness (QED) is 0.248. The van der Waals surface area contributed by atoms with E-state index in [4.69, 9.17) is 9.15 Å². The Hall–Kier alpha value is -2.41. The Morgan fingerprint density at radius 1 is 1.46 bits per heavy atom. The van der Waals surface area contributed by atoms with Crippen molar-refractivity contribution < 1.29 is 14.1 Å². The fraction of sp³-hybridized carbons (Fsp3) is 0.316. The van der Waals surface area contributed by atoms with Crippen LogP contribution >= 0.6 is 15.9 Å². The monoisotopic (exact) mass is 420 g/mol. The van der Waals surface area contributed by atoms with Gasteiger partial charge in [-0.15, -0.1) is 0 Å². The van der Waals surface area contributed by atoms with Gasteiger partial charge in [-0.1, -0.05) is 49.4 Å². The van der Waals surface area contributed by atoms with E-state index in [1.807, 2.05) is 6.08 Å². The largest absolute Gasteiger partial charge is 0.497 e. The average molecular weight is 421 g/mol. The number of benzene rings is 1. The maximum absolute atomic E-state index is 10.9. The van der Waals surface area contributed by atoms with Gasteiger partial charge in [-0.05, 0) is 24.0 Å². The summed E-state index contributed by atoms with van der Waals surface area (Å²) in [4.78, 5) is 14.8. The summed E-state index contributed by atoms with van der Waals surface area (Å²) in [6.45, 7) is 10.3. The first-order valence-corrected chi connectivity index (χ1v) is 8.76. The Bertz CT molecular complexity index is 904. The molecule has 6 nitrogen and oxygen atoms in total. The number of nitrogens with zero attached hydrogens (tertiary/aromatic N) is 2. The van der Waals surface area contributed by atoms with Crippen LogP contribution in [0.5, 0.6) is 0 Å². The van der Waals surface area contributed by atoms with Gasteiger partial charge in [-0.25, -0.2) is 4.98 Å². The van der Waals surface area contributed by atoms with E-state index in [1.165, 1.54) is 25.3 Å². The number of hydrogen-bond donors (Lipinski definition) is 0. The highest BCUT2D eigenvalue weighted by molar-refractivity contribution is 9.11.